The fraction of sp³-hybridized carbons (Fsp3) is 0.211. The van der Waals surface area contributed by atoms with Gasteiger partial charge in [0, 0.05) is 30.7 Å². The van der Waals surface area contributed by atoms with Crippen LogP contribution in [0.1, 0.15) is 22.8 Å². The highest BCUT2D eigenvalue weighted by atomic mass is 35.5. The quantitative estimate of drug-likeness (QED) is 0.688. The molecule has 0 saturated heterocycles. The smallest absolute Gasteiger partial charge is 0.262 e. The fourth-order valence-corrected chi connectivity index (χ4v) is 3.41. The van der Waals surface area contributed by atoms with Gasteiger partial charge in [0.2, 0.25) is 0 Å². The summed E-state index contributed by atoms with van der Waals surface area (Å²) < 4.78 is 1.84. The van der Waals surface area contributed by atoms with Crippen molar-refractivity contribution < 1.29 is 4.79 Å². The average molecular weight is 388 g/mol. The minimum absolute atomic E-state index is 0.147. The Morgan fingerprint density at radius 1 is 1.27 bits per heavy atom. The van der Waals surface area contributed by atoms with Gasteiger partial charge in [-0.05, 0) is 55.0 Å². The van der Waals surface area contributed by atoms with Gasteiger partial charge in [0.25, 0.3) is 11.5 Å². The van der Waals surface area contributed by atoms with Crippen molar-refractivity contribution in [2.24, 2.45) is 0 Å². The first-order valence-electron chi connectivity index (χ1n) is 8.17. The summed E-state index contributed by atoms with van der Waals surface area (Å²) in [5, 5.41) is 1.14. The molecule has 1 heterocycles. The van der Waals surface area contributed by atoms with Gasteiger partial charge in [0.15, 0.2) is 4.77 Å². The van der Waals surface area contributed by atoms with Crippen molar-refractivity contribution in [1.82, 2.24) is 14.5 Å². The van der Waals surface area contributed by atoms with E-state index in [4.69, 9.17) is 23.8 Å². The Balaban J connectivity index is 1.93. The number of rotatable bonds is 4. The molecular weight excluding hydrogens is 370 g/mol. The third-order valence-electron chi connectivity index (χ3n) is 4.20. The number of aromatic amines is 1. The lowest BCUT2D eigenvalue weighted by Crippen LogP contribution is -2.26. The van der Waals surface area contributed by atoms with Crippen molar-refractivity contribution in [2.75, 3.05) is 7.05 Å². The molecule has 0 spiro atoms. The Labute approximate surface area is 160 Å². The number of halogens is 1. The maximum absolute atomic E-state index is 12.7. The van der Waals surface area contributed by atoms with Crippen molar-refractivity contribution in [3.05, 3.63) is 73.7 Å². The number of hydrogen-bond acceptors (Lipinski definition) is 3. The second-order valence-corrected chi connectivity index (χ2v) is 6.85. The highest BCUT2D eigenvalue weighted by Gasteiger charge is 2.14. The molecule has 1 N–H and O–H groups in total. The molecule has 0 radical (unpaired) electrons. The van der Waals surface area contributed by atoms with Gasteiger partial charge in [-0.25, -0.2) is 0 Å². The molecule has 0 bridgehead atoms. The second kappa shape index (κ2) is 7.43. The van der Waals surface area contributed by atoms with E-state index in [1.54, 1.807) is 36.2 Å². The monoisotopic (exact) mass is 387 g/mol. The number of hydrogen-bond donors (Lipinski definition) is 1. The number of aromatic nitrogens is 2. The fourth-order valence-electron chi connectivity index (χ4n) is 2.88. The van der Waals surface area contributed by atoms with E-state index in [0.717, 1.165) is 5.56 Å². The number of benzene rings is 2. The first kappa shape index (κ1) is 18.4. The van der Waals surface area contributed by atoms with E-state index in [1.165, 1.54) is 4.57 Å². The standard InChI is InChI=1S/C19H18ClN3O2S/c1-3-23-18(25)15-8-7-13(10-16(15)21-19(23)26)17(24)22(2)11-12-5-4-6-14(20)9-12/h4-10H,3,11H2,1-2H3,(H,21,26). The molecule has 3 rings (SSSR count). The molecule has 3 aromatic rings. The van der Waals surface area contributed by atoms with Gasteiger partial charge in [0.05, 0.1) is 10.9 Å². The Kier molecular flexibility index (Phi) is 5.25. The summed E-state index contributed by atoms with van der Waals surface area (Å²) in [5.74, 6) is -0.147. The van der Waals surface area contributed by atoms with Gasteiger partial charge in [-0.1, -0.05) is 23.7 Å². The molecule has 0 unspecified atom stereocenters. The highest BCUT2D eigenvalue weighted by Crippen LogP contribution is 2.16. The zero-order valence-corrected chi connectivity index (χ0v) is 16.0. The largest absolute Gasteiger partial charge is 0.337 e. The summed E-state index contributed by atoms with van der Waals surface area (Å²) in [6.45, 7) is 2.79. The van der Waals surface area contributed by atoms with E-state index in [1.807, 2.05) is 25.1 Å². The zero-order valence-electron chi connectivity index (χ0n) is 14.5. The molecular formula is C19H18ClN3O2S. The first-order valence-corrected chi connectivity index (χ1v) is 8.96. The van der Waals surface area contributed by atoms with Crippen molar-refractivity contribution in [1.29, 1.82) is 0 Å². The molecule has 0 aliphatic carbocycles. The lowest BCUT2D eigenvalue weighted by Gasteiger charge is -2.18. The van der Waals surface area contributed by atoms with Crippen molar-refractivity contribution >= 4 is 40.6 Å². The number of fused-ring (bicyclic) bond motifs is 1. The van der Waals surface area contributed by atoms with E-state index in [0.29, 0.717) is 39.3 Å². The second-order valence-electron chi connectivity index (χ2n) is 6.03. The number of nitrogens with one attached hydrogen (secondary N) is 1. The molecule has 0 aliphatic rings. The van der Waals surface area contributed by atoms with Crippen LogP contribution >= 0.6 is 23.8 Å². The Morgan fingerprint density at radius 3 is 2.73 bits per heavy atom. The zero-order chi connectivity index (χ0) is 18.8. The summed E-state index contributed by atoms with van der Waals surface area (Å²) in [4.78, 5) is 29.8. The number of carbonyl (C=O) groups is 1. The van der Waals surface area contributed by atoms with E-state index in [2.05, 4.69) is 4.98 Å². The van der Waals surface area contributed by atoms with Crippen molar-refractivity contribution in [3.8, 4) is 0 Å². The Morgan fingerprint density at radius 2 is 2.04 bits per heavy atom. The van der Waals surface area contributed by atoms with Gasteiger partial charge in [0.1, 0.15) is 0 Å². The Bertz CT molecular complexity index is 1100. The normalized spacial score (nSPS) is 10.9. The lowest BCUT2D eigenvalue weighted by molar-refractivity contribution is 0.0785. The lowest BCUT2D eigenvalue weighted by atomic mass is 10.1. The minimum Gasteiger partial charge on any atom is -0.337 e. The van der Waals surface area contributed by atoms with Crippen LogP contribution in [0.2, 0.25) is 5.02 Å². The number of H-pyrrole nitrogens is 1. The molecule has 26 heavy (non-hydrogen) atoms. The SMILES string of the molecule is CCn1c(=S)[nH]c2cc(C(=O)N(C)Cc3cccc(Cl)c3)ccc2c1=O. The summed E-state index contributed by atoms with van der Waals surface area (Å²) in [5.41, 5.74) is 1.84. The van der Waals surface area contributed by atoms with E-state index in [-0.39, 0.29) is 11.5 Å². The van der Waals surface area contributed by atoms with Crippen LogP contribution in [0, 0.1) is 4.77 Å². The molecule has 0 saturated carbocycles. The molecule has 1 aromatic heterocycles. The predicted octanol–water partition coefficient (Wildman–Crippen LogP) is 4.00. The molecule has 7 heteroatoms. The summed E-state index contributed by atoms with van der Waals surface area (Å²) in [6, 6.07) is 12.4. The molecule has 5 nitrogen and oxygen atoms in total. The van der Waals surface area contributed by atoms with Crippen molar-refractivity contribution in [2.45, 2.75) is 20.0 Å². The number of carbonyl (C=O) groups excluding carboxylic acids is 1. The third-order valence-corrected chi connectivity index (χ3v) is 4.76. The number of amides is 1. The van der Waals surface area contributed by atoms with Gasteiger partial charge in [-0.2, -0.15) is 0 Å². The highest BCUT2D eigenvalue weighted by molar-refractivity contribution is 7.71. The first-order chi connectivity index (χ1) is 12.4. The molecule has 0 aliphatic heterocycles. The van der Waals surface area contributed by atoms with Crippen LogP contribution in [0.25, 0.3) is 10.9 Å². The summed E-state index contributed by atoms with van der Waals surface area (Å²) in [6.07, 6.45) is 0. The number of nitrogens with zero attached hydrogens (tertiary/aromatic N) is 2. The van der Waals surface area contributed by atoms with Gasteiger partial charge >= 0.3 is 0 Å². The van der Waals surface area contributed by atoms with Crippen LogP contribution in [0.3, 0.4) is 0 Å². The molecule has 2 aromatic carbocycles. The molecule has 134 valence electrons. The van der Waals surface area contributed by atoms with Crippen LogP contribution in [0.15, 0.2) is 47.3 Å². The topological polar surface area (TPSA) is 58.1 Å². The maximum Gasteiger partial charge on any atom is 0.262 e. The van der Waals surface area contributed by atoms with Crippen LogP contribution in [-0.4, -0.2) is 27.4 Å². The van der Waals surface area contributed by atoms with Crippen LogP contribution in [0.4, 0.5) is 0 Å². The molecule has 1 amide bonds. The van der Waals surface area contributed by atoms with Crippen LogP contribution < -0.4 is 5.56 Å². The average Bonchev–Trinajstić information content (AvgIpc) is 2.61. The van der Waals surface area contributed by atoms with Gasteiger partial charge < -0.3 is 9.88 Å². The maximum atomic E-state index is 12.7. The van der Waals surface area contributed by atoms with Gasteiger partial charge in [-0.15, -0.1) is 0 Å². The Hall–Kier alpha value is -2.44. The summed E-state index contributed by atoms with van der Waals surface area (Å²) in [7, 11) is 1.73. The van der Waals surface area contributed by atoms with Gasteiger partial charge in [-0.3, -0.25) is 14.2 Å². The minimum atomic E-state index is -0.155. The van der Waals surface area contributed by atoms with E-state index < -0.39 is 0 Å². The third kappa shape index (κ3) is 3.57. The summed E-state index contributed by atoms with van der Waals surface area (Å²) >= 11 is 11.2. The van der Waals surface area contributed by atoms with Crippen LogP contribution in [-0.2, 0) is 13.1 Å². The van der Waals surface area contributed by atoms with Crippen molar-refractivity contribution in [3.63, 3.8) is 0 Å². The van der Waals surface area contributed by atoms with Crippen LogP contribution in [0.5, 0.6) is 0 Å². The molecule has 0 atom stereocenters. The molecule has 0 fully saturated rings. The van der Waals surface area contributed by atoms with E-state index in [9.17, 15) is 9.59 Å². The predicted molar refractivity (Wildman–Crippen MR) is 106 cm³/mol. The van der Waals surface area contributed by atoms with E-state index >= 15 is 0 Å².